The molecule has 1 amide bonds. The molecule has 0 saturated carbocycles. The van der Waals surface area contributed by atoms with E-state index in [1.165, 1.54) is 6.20 Å². The summed E-state index contributed by atoms with van der Waals surface area (Å²) in [6.07, 6.45) is 4.52. The molecular formula is C15H20ClN3O2. The number of hydrogen-bond acceptors (Lipinski definition) is 4. The van der Waals surface area contributed by atoms with Gasteiger partial charge in [-0.15, -0.1) is 0 Å². The molecule has 2 aliphatic rings. The van der Waals surface area contributed by atoms with Gasteiger partial charge in [0.25, 0.3) is 5.91 Å². The Balaban J connectivity index is 1.87. The van der Waals surface area contributed by atoms with Gasteiger partial charge in [0.1, 0.15) is 5.82 Å². The molecule has 1 aromatic rings. The van der Waals surface area contributed by atoms with Crippen molar-refractivity contribution in [2.24, 2.45) is 0 Å². The van der Waals surface area contributed by atoms with E-state index in [4.69, 9.17) is 11.6 Å². The van der Waals surface area contributed by atoms with E-state index in [1.807, 2.05) is 11.8 Å². The number of nitrogens with one attached hydrogen (secondary N) is 1. The van der Waals surface area contributed by atoms with Crippen LogP contribution in [-0.2, 0) is 0 Å². The van der Waals surface area contributed by atoms with Crippen molar-refractivity contribution in [2.45, 2.75) is 50.8 Å². The highest BCUT2D eigenvalue weighted by Gasteiger charge is 2.43. The van der Waals surface area contributed by atoms with Crippen LogP contribution in [0.1, 0.15) is 43.0 Å². The monoisotopic (exact) mass is 309 g/mol. The minimum Gasteiger partial charge on any atom is -0.393 e. The van der Waals surface area contributed by atoms with Gasteiger partial charge >= 0.3 is 0 Å². The van der Waals surface area contributed by atoms with E-state index in [-0.39, 0.29) is 24.1 Å². The van der Waals surface area contributed by atoms with Gasteiger partial charge in [0.15, 0.2) is 0 Å². The number of aliphatic hydroxyl groups excluding tert-OH is 1. The van der Waals surface area contributed by atoms with Crippen LogP contribution in [0.15, 0.2) is 12.3 Å². The summed E-state index contributed by atoms with van der Waals surface area (Å²) in [5, 5.41) is 13.3. The van der Waals surface area contributed by atoms with Crippen LogP contribution in [0.25, 0.3) is 0 Å². The molecule has 2 bridgehead atoms. The summed E-state index contributed by atoms with van der Waals surface area (Å²) in [4.78, 5) is 18.9. The van der Waals surface area contributed by atoms with Crippen molar-refractivity contribution in [1.29, 1.82) is 0 Å². The largest absolute Gasteiger partial charge is 0.393 e. The van der Waals surface area contributed by atoms with Gasteiger partial charge in [-0.3, -0.25) is 4.79 Å². The van der Waals surface area contributed by atoms with Gasteiger partial charge in [0, 0.05) is 24.8 Å². The highest BCUT2D eigenvalue weighted by Crippen LogP contribution is 2.37. The van der Waals surface area contributed by atoms with E-state index in [2.05, 4.69) is 10.3 Å². The average Bonchev–Trinajstić information content (AvgIpc) is 2.72. The number of carbonyl (C=O) groups excluding carboxylic acids is 1. The molecular weight excluding hydrogens is 290 g/mol. The van der Waals surface area contributed by atoms with Crippen molar-refractivity contribution in [3.63, 3.8) is 0 Å². The molecule has 21 heavy (non-hydrogen) atoms. The predicted molar refractivity (Wildman–Crippen MR) is 81.6 cm³/mol. The highest BCUT2D eigenvalue weighted by molar-refractivity contribution is 6.33. The van der Waals surface area contributed by atoms with Crippen molar-refractivity contribution in [3.05, 3.63) is 22.8 Å². The van der Waals surface area contributed by atoms with Crippen LogP contribution in [0.4, 0.5) is 5.82 Å². The number of aromatic nitrogens is 1. The number of pyridine rings is 1. The summed E-state index contributed by atoms with van der Waals surface area (Å²) in [7, 11) is 0. The number of fused-ring (bicyclic) bond motifs is 2. The zero-order chi connectivity index (χ0) is 15.0. The maximum atomic E-state index is 12.8. The minimum atomic E-state index is -0.281. The molecule has 2 saturated heterocycles. The number of amides is 1. The Labute approximate surface area is 129 Å². The number of rotatable bonds is 3. The first-order chi connectivity index (χ1) is 10.1. The Morgan fingerprint density at radius 3 is 2.76 bits per heavy atom. The third-order valence-electron chi connectivity index (χ3n) is 4.39. The standard InChI is InChI=1S/C15H20ClN3O2/c1-2-17-14-7-12(13(16)8-18-14)15(21)19-9-3-4-10(19)6-11(20)5-9/h7-11,20H,2-6H2,1H3,(H,17,18). The van der Waals surface area contributed by atoms with Crippen molar-refractivity contribution >= 4 is 23.3 Å². The van der Waals surface area contributed by atoms with Crippen molar-refractivity contribution in [1.82, 2.24) is 9.88 Å². The molecule has 114 valence electrons. The Hall–Kier alpha value is -1.33. The van der Waals surface area contributed by atoms with Gasteiger partial charge in [0.05, 0.1) is 16.7 Å². The first kappa shape index (κ1) is 14.6. The van der Waals surface area contributed by atoms with Crippen molar-refractivity contribution in [3.8, 4) is 0 Å². The number of hydrogen-bond donors (Lipinski definition) is 2. The molecule has 2 aliphatic heterocycles. The smallest absolute Gasteiger partial charge is 0.256 e. The van der Waals surface area contributed by atoms with Crippen LogP contribution in [0.3, 0.4) is 0 Å². The van der Waals surface area contributed by atoms with Gasteiger partial charge in [-0.05, 0) is 38.7 Å². The van der Waals surface area contributed by atoms with Crippen LogP contribution in [0, 0.1) is 0 Å². The zero-order valence-electron chi connectivity index (χ0n) is 12.1. The van der Waals surface area contributed by atoms with Gasteiger partial charge in [-0.1, -0.05) is 11.6 Å². The lowest BCUT2D eigenvalue weighted by Gasteiger charge is -2.37. The minimum absolute atomic E-state index is 0.0408. The zero-order valence-corrected chi connectivity index (χ0v) is 12.8. The molecule has 2 unspecified atom stereocenters. The van der Waals surface area contributed by atoms with Crippen LogP contribution >= 0.6 is 11.6 Å². The molecule has 2 N–H and O–H groups in total. The summed E-state index contributed by atoms with van der Waals surface area (Å²) in [5.41, 5.74) is 0.496. The average molecular weight is 310 g/mol. The lowest BCUT2D eigenvalue weighted by Crippen LogP contribution is -2.48. The lowest BCUT2D eigenvalue weighted by atomic mass is 9.99. The topological polar surface area (TPSA) is 65.5 Å². The SMILES string of the molecule is CCNc1cc(C(=O)N2C3CCC2CC(O)C3)c(Cl)cn1. The fourth-order valence-electron chi connectivity index (χ4n) is 3.50. The van der Waals surface area contributed by atoms with Crippen molar-refractivity contribution in [2.75, 3.05) is 11.9 Å². The summed E-state index contributed by atoms with van der Waals surface area (Å²) in [6, 6.07) is 2.00. The number of piperidine rings is 1. The summed E-state index contributed by atoms with van der Waals surface area (Å²) >= 11 is 6.17. The predicted octanol–water partition coefficient (Wildman–Crippen LogP) is 2.29. The fourth-order valence-corrected chi connectivity index (χ4v) is 3.68. The molecule has 5 nitrogen and oxygen atoms in total. The van der Waals surface area contributed by atoms with E-state index in [0.29, 0.717) is 29.2 Å². The van der Waals surface area contributed by atoms with Crippen LogP contribution in [-0.4, -0.2) is 45.6 Å². The van der Waals surface area contributed by atoms with E-state index in [0.717, 1.165) is 19.4 Å². The molecule has 6 heteroatoms. The summed E-state index contributed by atoms with van der Waals surface area (Å²) in [6.45, 7) is 2.72. The van der Waals surface area contributed by atoms with Crippen molar-refractivity contribution < 1.29 is 9.90 Å². The highest BCUT2D eigenvalue weighted by atomic mass is 35.5. The number of aliphatic hydroxyl groups is 1. The lowest BCUT2D eigenvalue weighted by molar-refractivity contribution is 0.0287. The van der Waals surface area contributed by atoms with Crippen LogP contribution < -0.4 is 5.32 Å². The maximum absolute atomic E-state index is 12.8. The van der Waals surface area contributed by atoms with Crippen LogP contribution in [0.5, 0.6) is 0 Å². The molecule has 0 spiro atoms. The quantitative estimate of drug-likeness (QED) is 0.899. The number of anilines is 1. The molecule has 2 atom stereocenters. The molecule has 2 fully saturated rings. The molecule has 3 rings (SSSR count). The Kier molecular flexibility index (Phi) is 4.04. The van der Waals surface area contributed by atoms with Gasteiger partial charge in [0.2, 0.25) is 0 Å². The van der Waals surface area contributed by atoms with Gasteiger partial charge < -0.3 is 15.3 Å². The summed E-state index contributed by atoms with van der Waals surface area (Å²) < 4.78 is 0. The third-order valence-corrected chi connectivity index (χ3v) is 4.69. The second kappa shape index (κ2) is 5.81. The molecule has 0 aromatic carbocycles. The van der Waals surface area contributed by atoms with E-state index >= 15 is 0 Å². The first-order valence-corrected chi connectivity index (χ1v) is 7.88. The first-order valence-electron chi connectivity index (χ1n) is 7.50. The molecule has 1 aromatic heterocycles. The van der Waals surface area contributed by atoms with E-state index in [9.17, 15) is 9.90 Å². The second-order valence-electron chi connectivity index (χ2n) is 5.80. The molecule has 0 radical (unpaired) electrons. The Morgan fingerprint density at radius 1 is 1.48 bits per heavy atom. The summed E-state index contributed by atoms with van der Waals surface area (Å²) in [5.74, 6) is 0.621. The van der Waals surface area contributed by atoms with E-state index in [1.54, 1.807) is 6.07 Å². The van der Waals surface area contributed by atoms with Crippen LogP contribution in [0.2, 0.25) is 5.02 Å². The van der Waals surface area contributed by atoms with Gasteiger partial charge in [-0.2, -0.15) is 0 Å². The molecule has 0 aliphatic carbocycles. The third kappa shape index (κ3) is 2.72. The number of nitrogens with zero attached hydrogens (tertiary/aromatic N) is 2. The molecule has 3 heterocycles. The Bertz CT molecular complexity index is 538. The normalized spacial score (nSPS) is 27.8. The number of halogens is 1. The Morgan fingerprint density at radius 2 is 2.14 bits per heavy atom. The van der Waals surface area contributed by atoms with E-state index < -0.39 is 0 Å². The maximum Gasteiger partial charge on any atom is 0.256 e. The second-order valence-corrected chi connectivity index (χ2v) is 6.21. The fraction of sp³-hybridized carbons (Fsp3) is 0.600. The number of carbonyl (C=O) groups is 1. The van der Waals surface area contributed by atoms with Gasteiger partial charge in [-0.25, -0.2) is 4.98 Å².